The average Bonchev–Trinajstić information content (AvgIpc) is 2.61. The molecular formula is C15H20N4O4S. The van der Waals surface area contributed by atoms with Gasteiger partial charge >= 0.3 is 0 Å². The van der Waals surface area contributed by atoms with Gasteiger partial charge in [0.1, 0.15) is 5.69 Å². The molecule has 0 bridgehead atoms. The third-order valence-corrected chi connectivity index (χ3v) is 3.42. The summed E-state index contributed by atoms with van der Waals surface area (Å²) in [6.45, 7) is 5.97. The van der Waals surface area contributed by atoms with Crippen LogP contribution in [0.3, 0.4) is 0 Å². The topological polar surface area (TPSA) is 108 Å². The molecule has 0 atom stereocenters. The third-order valence-electron chi connectivity index (χ3n) is 2.80. The minimum Gasteiger partial charge on any atom is -0.505 e. The summed E-state index contributed by atoms with van der Waals surface area (Å²) < 4.78 is 4.43. The van der Waals surface area contributed by atoms with Gasteiger partial charge in [0.25, 0.3) is 0 Å². The first-order valence-electron chi connectivity index (χ1n) is 7.21. The second kappa shape index (κ2) is 10.7. The zero-order chi connectivity index (χ0) is 17.9. The van der Waals surface area contributed by atoms with Crippen molar-refractivity contribution < 1.29 is 19.7 Å². The molecule has 0 heterocycles. The lowest BCUT2D eigenvalue weighted by atomic mass is 10.1. The lowest BCUT2D eigenvalue weighted by Gasteiger charge is -2.09. The Morgan fingerprint density at radius 1 is 1.17 bits per heavy atom. The molecule has 0 radical (unpaired) electrons. The monoisotopic (exact) mass is 352 g/mol. The van der Waals surface area contributed by atoms with E-state index < -0.39 is 0 Å². The highest BCUT2D eigenvalue weighted by atomic mass is 32.2. The fourth-order valence-corrected chi connectivity index (χ4v) is 2.36. The van der Waals surface area contributed by atoms with E-state index in [9.17, 15) is 5.11 Å². The van der Waals surface area contributed by atoms with Gasteiger partial charge in [-0.25, -0.2) is 5.26 Å². The number of fused-ring (bicyclic) bond motifs is 1. The van der Waals surface area contributed by atoms with E-state index in [0.29, 0.717) is 22.3 Å². The SMILES string of the molecule is CC.CN=NCN=Nc1c(SOOO)cc2ccc(C)cc2c1O. The fraction of sp³-hybridized carbons (Fsp3) is 0.333. The van der Waals surface area contributed by atoms with Gasteiger partial charge in [-0.05, 0) is 24.4 Å². The highest BCUT2D eigenvalue weighted by Gasteiger charge is 2.14. The van der Waals surface area contributed by atoms with Gasteiger partial charge in [0.05, 0.1) is 16.9 Å². The van der Waals surface area contributed by atoms with Crippen molar-refractivity contribution in [2.45, 2.75) is 25.7 Å². The van der Waals surface area contributed by atoms with Crippen LogP contribution in [0.15, 0.2) is 49.6 Å². The molecule has 0 aliphatic rings. The van der Waals surface area contributed by atoms with E-state index in [1.807, 2.05) is 39.0 Å². The van der Waals surface area contributed by atoms with Gasteiger partial charge in [-0.15, -0.1) is 9.45 Å². The summed E-state index contributed by atoms with van der Waals surface area (Å²) in [5.74, 6) is -0.0394. The van der Waals surface area contributed by atoms with Crippen LogP contribution >= 0.6 is 12.0 Å². The van der Waals surface area contributed by atoms with Crippen LogP contribution in [-0.4, -0.2) is 24.1 Å². The maximum Gasteiger partial charge on any atom is 0.171 e. The molecule has 0 spiro atoms. The van der Waals surface area contributed by atoms with Crippen LogP contribution in [-0.2, 0) is 9.37 Å². The molecule has 24 heavy (non-hydrogen) atoms. The third kappa shape index (κ3) is 5.24. The summed E-state index contributed by atoms with van der Waals surface area (Å²) in [6, 6.07) is 7.37. The molecule has 2 rings (SSSR count). The zero-order valence-corrected chi connectivity index (χ0v) is 14.7. The Kier molecular flexibility index (Phi) is 8.87. The molecule has 0 aliphatic carbocycles. The first-order valence-corrected chi connectivity index (χ1v) is 7.95. The standard InChI is InChI=1S/C13H14N4O4S.C2H6/c1-8-3-4-9-6-11(22-21-20-19)12(13(18)10(9)5-8)17-16-7-15-14-2;1-2/h3-6,18-19H,7H2,1-2H3;1-2H3. The molecule has 0 aliphatic heterocycles. The van der Waals surface area contributed by atoms with Gasteiger partial charge in [-0.3, -0.25) is 0 Å². The number of hydrogen-bond donors (Lipinski definition) is 2. The molecule has 0 unspecified atom stereocenters. The van der Waals surface area contributed by atoms with Gasteiger partial charge < -0.3 is 5.11 Å². The lowest BCUT2D eigenvalue weighted by molar-refractivity contribution is -0.432. The summed E-state index contributed by atoms with van der Waals surface area (Å²) in [6.07, 6.45) is 0. The molecule has 2 aromatic rings. The molecule has 8 nitrogen and oxygen atoms in total. The Labute approximate surface area is 144 Å². The molecular weight excluding hydrogens is 332 g/mol. The summed E-state index contributed by atoms with van der Waals surface area (Å²) in [5, 5.41) is 38.7. The minimum atomic E-state index is -0.0394. The molecule has 2 N–H and O–H groups in total. The van der Waals surface area contributed by atoms with E-state index in [2.05, 4.69) is 29.8 Å². The number of nitrogens with zero attached hydrogens (tertiary/aromatic N) is 4. The number of hydrogen-bond acceptors (Lipinski definition) is 9. The predicted octanol–water partition coefficient (Wildman–Crippen LogP) is 5.43. The molecule has 0 fully saturated rings. The summed E-state index contributed by atoms with van der Waals surface area (Å²) in [7, 11) is 1.53. The molecule has 9 heteroatoms. The number of benzene rings is 2. The van der Waals surface area contributed by atoms with Gasteiger partial charge in [-0.2, -0.15) is 15.3 Å². The van der Waals surface area contributed by atoms with Crippen LogP contribution in [0.25, 0.3) is 10.8 Å². The van der Waals surface area contributed by atoms with E-state index in [0.717, 1.165) is 10.9 Å². The van der Waals surface area contributed by atoms with Crippen molar-refractivity contribution in [3.63, 3.8) is 0 Å². The van der Waals surface area contributed by atoms with Gasteiger partial charge in [0.15, 0.2) is 12.4 Å². The first-order chi connectivity index (χ1) is 11.7. The second-order valence-electron chi connectivity index (χ2n) is 4.25. The molecule has 2 aromatic carbocycles. The van der Waals surface area contributed by atoms with Gasteiger partial charge in [0, 0.05) is 12.4 Å². The normalized spacial score (nSPS) is 11.2. The van der Waals surface area contributed by atoms with Crippen molar-refractivity contribution >= 4 is 28.5 Å². The van der Waals surface area contributed by atoms with Crippen LogP contribution in [0.4, 0.5) is 5.69 Å². The van der Waals surface area contributed by atoms with Crippen molar-refractivity contribution in [3.8, 4) is 5.75 Å². The van der Waals surface area contributed by atoms with E-state index >= 15 is 0 Å². The molecule has 130 valence electrons. The maximum absolute atomic E-state index is 10.4. The quantitative estimate of drug-likeness (QED) is 0.312. The van der Waals surface area contributed by atoms with Crippen molar-refractivity contribution in [3.05, 3.63) is 29.8 Å². The molecule has 0 saturated heterocycles. The number of azo groups is 2. The number of rotatable bonds is 6. The van der Waals surface area contributed by atoms with E-state index in [4.69, 9.17) is 5.26 Å². The predicted molar refractivity (Wildman–Crippen MR) is 92.5 cm³/mol. The van der Waals surface area contributed by atoms with E-state index in [1.165, 1.54) is 7.05 Å². The number of aromatic hydroxyl groups is 1. The lowest BCUT2D eigenvalue weighted by Crippen LogP contribution is -1.84. The average molecular weight is 352 g/mol. The highest BCUT2D eigenvalue weighted by molar-refractivity contribution is 7.94. The number of phenols is 1. The molecule has 0 aromatic heterocycles. The summed E-state index contributed by atoms with van der Waals surface area (Å²) >= 11 is 0.704. The summed E-state index contributed by atoms with van der Waals surface area (Å²) in [4.78, 5) is 0.431. The highest BCUT2D eigenvalue weighted by Crippen LogP contribution is 2.43. The van der Waals surface area contributed by atoms with E-state index in [-0.39, 0.29) is 18.1 Å². The van der Waals surface area contributed by atoms with Crippen molar-refractivity contribution in [2.24, 2.45) is 20.5 Å². The van der Waals surface area contributed by atoms with Crippen molar-refractivity contribution in [2.75, 3.05) is 13.7 Å². The Morgan fingerprint density at radius 3 is 2.58 bits per heavy atom. The number of aryl methyl sites for hydroxylation is 1. The number of phenolic OH excluding ortho intramolecular Hbond substituents is 1. The Balaban J connectivity index is 0.00000139. The van der Waals surface area contributed by atoms with E-state index in [1.54, 1.807) is 6.07 Å². The Bertz CT molecular complexity index is 722. The van der Waals surface area contributed by atoms with Crippen molar-refractivity contribution in [1.29, 1.82) is 0 Å². The molecule has 0 amide bonds. The second-order valence-corrected chi connectivity index (χ2v) is 4.99. The van der Waals surface area contributed by atoms with Crippen molar-refractivity contribution in [1.82, 2.24) is 0 Å². The molecule has 0 saturated carbocycles. The van der Waals surface area contributed by atoms with Crippen LogP contribution in [0.2, 0.25) is 0 Å². The fourth-order valence-electron chi connectivity index (χ4n) is 1.86. The van der Waals surface area contributed by atoms with Gasteiger partial charge in [0.2, 0.25) is 0 Å². The van der Waals surface area contributed by atoms with Gasteiger partial charge in [-0.1, -0.05) is 36.6 Å². The zero-order valence-electron chi connectivity index (χ0n) is 13.9. The van der Waals surface area contributed by atoms with Crippen LogP contribution in [0.1, 0.15) is 19.4 Å². The Hall–Kier alpha value is -2.07. The van der Waals surface area contributed by atoms with Crippen LogP contribution < -0.4 is 0 Å². The van der Waals surface area contributed by atoms with Crippen LogP contribution in [0, 0.1) is 6.92 Å². The Morgan fingerprint density at radius 2 is 1.92 bits per heavy atom. The maximum atomic E-state index is 10.4. The smallest absolute Gasteiger partial charge is 0.171 e. The minimum absolute atomic E-state index is 0.0394. The first kappa shape index (κ1) is 20.0. The summed E-state index contributed by atoms with van der Waals surface area (Å²) in [5.41, 5.74) is 1.20. The van der Waals surface area contributed by atoms with Crippen LogP contribution in [0.5, 0.6) is 5.75 Å². The largest absolute Gasteiger partial charge is 0.505 e.